The van der Waals surface area contributed by atoms with Gasteiger partial charge in [0.25, 0.3) is 0 Å². The van der Waals surface area contributed by atoms with Crippen molar-refractivity contribution in [1.29, 1.82) is 0 Å². The van der Waals surface area contributed by atoms with Gasteiger partial charge in [-0.1, -0.05) is 5.57 Å². The van der Waals surface area contributed by atoms with Crippen LogP contribution in [-0.2, 0) is 0 Å². The molecular weight excluding hydrogens is 202 g/mol. The van der Waals surface area contributed by atoms with Crippen LogP contribution in [0.25, 0.3) is 0 Å². The molecule has 0 aromatic heterocycles. The molecule has 11 heavy (non-hydrogen) atoms. The summed E-state index contributed by atoms with van der Waals surface area (Å²) in [5.41, 5.74) is 2.94. The Balaban J connectivity index is 2.82. The average molecular weight is 216 g/mol. The molecule has 0 saturated carbocycles. The molecule has 62 valence electrons. The van der Waals surface area contributed by atoms with E-state index in [9.17, 15) is 0 Å². The van der Waals surface area contributed by atoms with Gasteiger partial charge in [-0.25, -0.2) is 0 Å². The Morgan fingerprint density at radius 2 is 2.00 bits per heavy atom. The summed E-state index contributed by atoms with van der Waals surface area (Å²) in [6.07, 6.45) is 5.11. The third kappa shape index (κ3) is 2.16. The maximum absolute atomic E-state index is 4.14. The Morgan fingerprint density at radius 3 is 2.55 bits per heavy atom. The molecule has 1 aliphatic carbocycles. The van der Waals surface area contributed by atoms with E-state index >= 15 is 0 Å². The lowest BCUT2D eigenvalue weighted by Crippen LogP contribution is -2.03. The average Bonchev–Trinajstić information content (AvgIpc) is 2.04. The second-order valence-corrected chi connectivity index (χ2v) is 3.73. The lowest BCUT2D eigenvalue weighted by atomic mass is 9.93. The second kappa shape index (κ2) is 4.05. The van der Waals surface area contributed by atoms with E-state index in [1.54, 1.807) is 0 Å². The maximum Gasteiger partial charge on any atom is 0.103 e. The third-order valence-electron chi connectivity index (χ3n) is 2.19. The zero-order valence-corrected chi connectivity index (χ0v) is 8.74. The Morgan fingerprint density at radius 1 is 1.36 bits per heavy atom. The quantitative estimate of drug-likeness (QED) is 0.596. The summed E-state index contributed by atoms with van der Waals surface area (Å²) in [7, 11) is 1.83. The van der Waals surface area contributed by atoms with Gasteiger partial charge in [-0.15, -0.1) is 0 Å². The van der Waals surface area contributed by atoms with Crippen LogP contribution < -0.4 is 0 Å². The molecule has 0 saturated heterocycles. The van der Waals surface area contributed by atoms with Gasteiger partial charge in [0.15, 0.2) is 0 Å². The first-order chi connectivity index (χ1) is 5.25. The van der Waals surface area contributed by atoms with Crippen LogP contribution in [0.4, 0.5) is 0 Å². The number of rotatable bonds is 1. The number of hydrogen-bond acceptors (Lipinski definition) is 1. The first-order valence-corrected chi connectivity index (χ1v) is 4.86. The summed E-state index contributed by atoms with van der Waals surface area (Å²) in [6, 6.07) is 0. The smallest absolute Gasteiger partial charge is 0.103 e. The summed E-state index contributed by atoms with van der Waals surface area (Å²) in [5.74, 6) is 0. The van der Waals surface area contributed by atoms with Crippen molar-refractivity contribution in [3.8, 4) is 0 Å². The van der Waals surface area contributed by atoms with Gasteiger partial charge < -0.3 is 0 Å². The molecular formula is C9H14BrN. The van der Waals surface area contributed by atoms with Crippen molar-refractivity contribution >= 4 is 20.6 Å². The second-order valence-electron chi connectivity index (χ2n) is 2.98. The van der Waals surface area contributed by atoms with Gasteiger partial charge in [0.1, 0.15) is 4.62 Å². The number of aliphatic imine (C=N–C) groups is 1. The monoisotopic (exact) mass is 215 g/mol. The van der Waals surface area contributed by atoms with Gasteiger partial charge in [0, 0.05) is 7.05 Å². The molecule has 0 N–H and O–H groups in total. The number of halogens is 1. The van der Waals surface area contributed by atoms with Crippen molar-refractivity contribution in [1.82, 2.24) is 0 Å². The Hall–Kier alpha value is -0.110. The molecule has 0 amide bonds. The Labute approximate surface area is 76.7 Å². The van der Waals surface area contributed by atoms with Crippen LogP contribution in [0.5, 0.6) is 0 Å². The zero-order valence-electron chi connectivity index (χ0n) is 7.15. The summed E-state index contributed by atoms with van der Waals surface area (Å²) < 4.78 is 1.05. The fourth-order valence-electron chi connectivity index (χ4n) is 1.47. The predicted molar refractivity (Wildman–Crippen MR) is 53.5 cm³/mol. The van der Waals surface area contributed by atoms with Crippen molar-refractivity contribution < 1.29 is 0 Å². The Kier molecular flexibility index (Phi) is 3.31. The van der Waals surface area contributed by atoms with Gasteiger partial charge >= 0.3 is 0 Å². The topological polar surface area (TPSA) is 12.4 Å². The molecule has 0 unspecified atom stereocenters. The minimum atomic E-state index is 1.05. The molecule has 0 aromatic rings. The molecule has 0 radical (unpaired) electrons. The number of allylic oxidation sites excluding steroid dienone is 2. The summed E-state index contributed by atoms with van der Waals surface area (Å²) in [4.78, 5) is 4.14. The minimum absolute atomic E-state index is 1.05. The fourth-order valence-corrected chi connectivity index (χ4v) is 2.01. The normalized spacial score (nSPS) is 20.8. The van der Waals surface area contributed by atoms with E-state index < -0.39 is 0 Å². The lowest BCUT2D eigenvalue weighted by Gasteiger charge is -2.15. The van der Waals surface area contributed by atoms with E-state index in [2.05, 4.69) is 27.8 Å². The molecule has 1 nitrogen and oxygen atoms in total. The molecule has 0 fully saturated rings. The van der Waals surface area contributed by atoms with E-state index in [0.29, 0.717) is 0 Å². The standard InChI is InChI=1S/C9H14BrN/c1-7-5-3-4-6-8(7)9(10)11-2/h3-6H2,1-2H3. The first kappa shape index (κ1) is 8.98. The van der Waals surface area contributed by atoms with Crippen LogP contribution in [0.15, 0.2) is 16.1 Å². The highest BCUT2D eigenvalue weighted by molar-refractivity contribution is 9.18. The van der Waals surface area contributed by atoms with Crippen LogP contribution in [-0.4, -0.2) is 11.7 Å². The van der Waals surface area contributed by atoms with Crippen molar-refractivity contribution in [2.75, 3.05) is 7.05 Å². The molecule has 2 heteroatoms. The van der Waals surface area contributed by atoms with Gasteiger partial charge in [-0.3, -0.25) is 4.99 Å². The highest BCUT2D eigenvalue weighted by Gasteiger charge is 2.11. The highest BCUT2D eigenvalue weighted by Crippen LogP contribution is 2.26. The highest BCUT2D eigenvalue weighted by atomic mass is 79.9. The summed E-state index contributed by atoms with van der Waals surface area (Å²) >= 11 is 3.47. The summed E-state index contributed by atoms with van der Waals surface area (Å²) in [5, 5.41) is 0. The lowest BCUT2D eigenvalue weighted by molar-refractivity contribution is 0.689. The van der Waals surface area contributed by atoms with Crippen LogP contribution in [0.2, 0.25) is 0 Å². The number of hydrogen-bond donors (Lipinski definition) is 0. The maximum atomic E-state index is 4.14. The van der Waals surface area contributed by atoms with Crippen LogP contribution in [0.3, 0.4) is 0 Å². The van der Waals surface area contributed by atoms with Crippen LogP contribution in [0.1, 0.15) is 32.6 Å². The molecule has 0 atom stereocenters. The number of nitrogens with zero attached hydrogens (tertiary/aromatic N) is 1. The van der Waals surface area contributed by atoms with Gasteiger partial charge in [-0.05, 0) is 54.1 Å². The molecule has 1 rings (SSSR count). The van der Waals surface area contributed by atoms with E-state index in [0.717, 1.165) is 4.62 Å². The van der Waals surface area contributed by atoms with Crippen LogP contribution >= 0.6 is 15.9 Å². The van der Waals surface area contributed by atoms with Crippen molar-refractivity contribution in [3.05, 3.63) is 11.1 Å². The van der Waals surface area contributed by atoms with Crippen molar-refractivity contribution in [2.45, 2.75) is 32.6 Å². The van der Waals surface area contributed by atoms with E-state index in [1.807, 2.05) is 7.05 Å². The van der Waals surface area contributed by atoms with E-state index in [-0.39, 0.29) is 0 Å². The Bertz CT molecular complexity index is 204. The van der Waals surface area contributed by atoms with Gasteiger partial charge in [-0.2, -0.15) is 0 Å². The first-order valence-electron chi connectivity index (χ1n) is 4.07. The summed E-state index contributed by atoms with van der Waals surface area (Å²) in [6.45, 7) is 2.21. The molecule has 0 aromatic carbocycles. The molecule has 1 aliphatic rings. The van der Waals surface area contributed by atoms with Crippen molar-refractivity contribution in [3.63, 3.8) is 0 Å². The molecule has 0 spiro atoms. The van der Waals surface area contributed by atoms with Crippen LogP contribution in [0, 0.1) is 0 Å². The van der Waals surface area contributed by atoms with Crippen molar-refractivity contribution in [2.24, 2.45) is 4.99 Å². The predicted octanol–water partition coefficient (Wildman–Crippen LogP) is 3.30. The molecule has 0 heterocycles. The molecule has 0 aliphatic heterocycles. The molecule has 0 bridgehead atoms. The van der Waals surface area contributed by atoms with E-state index in [1.165, 1.54) is 36.8 Å². The SMILES string of the molecule is CN=C(Br)C1=C(C)CCCC1. The van der Waals surface area contributed by atoms with Gasteiger partial charge in [0.2, 0.25) is 0 Å². The minimum Gasteiger partial charge on any atom is -0.281 e. The van der Waals surface area contributed by atoms with Gasteiger partial charge in [0.05, 0.1) is 0 Å². The largest absolute Gasteiger partial charge is 0.281 e. The zero-order chi connectivity index (χ0) is 8.27. The fraction of sp³-hybridized carbons (Fsp3) is 0.667. The van der Waals surface area contributed by atoms with E-state index in [4.69, 9.17) is 0 Å². The third-order valence-corrected chi connectivity index (χ3v) is 3.02.